The van der Waals surface area contributed by atoms with Gasteiger partial charge < -0.3 is 15.5 Å². The molecule has 1 aromatic rings. The molecule has 3 unspecified atom stereocenters. The van der Waals surface area contributed by atoms with E-state index >= 15 is 0 Å². The molecule has 9 heteroatoms. The van der Waals surface area contributed by atoms with E-state index in [2.05, 4.69) is 59.7 Å². The number of carbonyl (C=O) groups is 1. The molecule has 2 saturated heterocycles. The highest BCUT2D eigenvalue weighted by molar-refractivity contribution is 14.0. The highest BCUT2D eigenvalue weighted by Crippen LogP contribution is 2.34. The van der Waals surface area contributed by atoms with Gasteiger partial charge in [0.05, 0.1) is 18.1 Å². The second kappa shape index (κ2) is 12.8. The van der Waals surface area contributed by atoms with Gasteiger partial charge in [0.1, 0.15) is 0 Å². The molecule has 0 aliphatic carbocycles. The molecule has 2 N–H and O–H groups in total. The van der Waals surface area contributed by atoms with Crippen molar-refractivity contribution in [1.29, 1.82) is 0 Å². The standard InChI is InChI=1S/C23H36N4O3S.HI/c1-3-18-16-27(14-11-21(18)19-8-6-5-7-9-19)23(24-4-2)25-13-10-22(28)26-20-12-15-31(29,30)17-20;/h5-9,18,20-21H,3-4,10-17H2,1-2H3,(H,24,25)(H,26,28);1H. The second-order valence-corrected chi connectivity index (χ2v) is 10.8. The van der Waals surface area contributed by atoms with Crippen LogP contribution in [0, 0.1) is 5.92 Å². The number of guanidine groups is 1. The summed E-state index contributed by atoms with van der Waals surface area (Å²) in [6, 6.07) is 10.5. The fourth-order valence-electron chi connectivity index (χ4n) is 4.68. The van der Waals surface area contributed by atoms with E-state index in [0.717, 1.165) is 38.4 Å². The molecular formula is C23H37IN4O3S. The lowest BCUT2D eigenvalue weighted by molar-refractivity contribution is -0.121. The number of carbonyl (C=O) groups excluding carboxylic acids is 1. The van der Waals surface area contributed by atoms with Crippen LogP contribution in [0.15, 0.2) is 35.3 Å². The first-order valence-electron chi connectivity index (χ1n) is 11.5. The molecule has 2 heterocycles. The summed E-state index contributed by atoms with van der Waals surface area (Å²) >= 11 is 0. The minimum absolute atomic E-state index is 0. The van der Waals surface area contributed by atoms with Gasteiger partial charge in [0.25, 0.3) is 0 Å². The van der Waals surface area contributed by atoms with Crippen molar-refractivity contribution in [2.75, 3.05) is 37.7 Å². The number of hydrogen-bond donors (Lipinski definition) is 2. The number of aliphatic imine (C=N–C) groups is 1. The fourth-order valence-corrected chi connectivity index (χ4v) is 6.35. The molecule has 2 fully saturated rings. The third-order valence-electron chi connectivity index (χ3n) is 6.32. The summed E-state index contributed by atoms with van der Waals surface area (Å²) in [7, 11) is -2.99. The van der Waals surface area contributed by atoms with E-state index < -0.39 is 9.84 Å². The minimum atomic E-state index is -2.99. The maximum atomic E-state index is 12.2. The van der Waals surface area contributed by atoms with Crippen LogP contribution in [0.4, 0.5) is 0 Å². The van der Waals surface area contributed by atoms with Crippen LogP contribution in [-0.4, -0.2) is 68.9 Å². The average Bonchev–Trinajstić information content (AvgIpc) is 3.11. The molecule has 0 spiro atoms. The predicted octanol–water partition coefficient (Wildman–Crippen LogP) is 2.78. The Morgan fingerprint density at radius 2 is 1.94 bits per heavy atom. The van der Waals surface area contributed by atoms with Gasteiger partial charge in [0.15, 0.2) is 15.8 Å². The van der Waals surface area contributed by atoms with Crippen LogP contribution in [0.25, 0.3) is 0 Å². The number of benzene rings is 1. The topological polar surface area (TPSA) is 90.9 Å². The molecule has 3 rings (SSSR count). The van der Waals surface area contributed by atoms with Gasteiger partial charge in [-0.2, -0.15) is 0 Å². The first-order valence-corrected chi connectivity index (χ1v) is 13.3. The highest BCUT2D eigenvalue weighted by Gasteiger charge is 2.31. The third-order valence-corrected chi connectivity index (χ3v) is 8.09. The van der Waals surface area contributed by atoms with Gasteiger partial charge >= 0.3 is 0 Å². The van der Waals surface area contributed by atoms with E-state index in [1.807, 2.05) is 0 Å². The van der Waals surface area contributed by atoms with E-state index in [-0.39, 0.29) is 53.9 Å². The molecule has 1 aromatic carbocycles. The number of nitrogens with one attached hydrogen (secondary N) is 2. The lowest BCUT2D eigenvalue weighted by atomic mass is 9.79. The Bertz CT molecular complexity index is 863. The number of likely N-dealkylation sites (tertiary alicyclic amines) is 1. The number of nitrogens with zero attached hydrogens (tertiary/aromatic N) is 2. The predicted molar refractivity (Wildman–Crippen MR) is 140 cm³/mol. The summed E-state index contributed by atoms with van der Waals surface area (Å²) in [6.45, 7) is 7.37. The quantitative estimate of drug-likeness (QED) is 0.296. The Balaban J connectivity index is 0.00000363. The minimum Gasteiger partial charge on any atom is -0.357 e. The van der Waals surface area contributed by atoms with Gasteiger partial charge in [-0.3, -0.25) is 9.79 Å². The SMILES string of the molecule is CCNC(=NCCC(=O)NC1CCS(=O)(=O)C1)N1CCC(c2ccccc2)C(CC)C1.I. The largest absolute Gasteiger partial charge is 0.357 e. The zero-order chi connectivity index (χ0) is 22.3. The van der Waals surface area contributed by atoms with E-state index in [1.165, 1.54) is 5.56 Å². The van der Waals surface area contributed by atoms with Gasteiger partial charge in [0, 0.05) is 32.1 Å². The third kappa shape index (κ3) is 7.60. The van der Waals surface area contributed by atoms with E-state index in [1.54, 1.807) is 0 Å². The van der Waals surface area contributed by atoms with Crippen molar-refractivity contribution in [2.24, 2.45) is 10.9 Å². The van der Waals surface area contributed by atoms with Crippen molar-refractivity contribution in [3.05, 3.63) is 35.9 Å². The van der Waals surface area contributed by atoms with Crippen LogP contribution >= 0.6 is 24.0 Å². The molecule has 0 aromatic heterocycles. The number of piperidine rings is 1. The fraction of sp³-hybridized carbons (Fsp3) is 0.652. The zero-order valence-corrected chi connectivity index (χ0v) is 22.3. The molecule has 7 nitrogen and oxygen atoms in total. The van der Waals surface area contributed by atoms with Gasteiger partial charge in [-0.25, -0.2) is 8.42 Å². The van der Waals surface area contributed by atoms with Crippen molar-refractivity contribution < 1.29 is 13.2 Å². The van der Waals surface area contributed by atoms with Gasteiger partial charge in [-0.15, -0.1) is 24.0 Å². The van der Waals surface area contributed by atoms with Crippen molar-refractivity contribution in [3.8, 4) is 0 Å². The summed E-state index contributed by atoms with van der Waals surface area (Å²) in [5.41, 5.74) is 1.42. The number of hydrogen-bond acceptors (Lipinski definition) is 4. The Morgan fingerprint density at radius 3 is 2.56 bits per heavy atom. The maximum absolute atomic E-state index is 12.2. The van der Waals surface area contributed by atoms with E-state index in [0.29, 0.717) is 24.8 Å². The molecule has 0 saturated carbocycles. The highest BCUT2D eigenvalue weighted by atomic mass is 127. The van der Waals surface area contributed by atoms with Crippen molar-refractivity contribution in [1.82, 2.24) is 15.5 Å². The summed E-state index contributed by atoms with van der Waals surface area (Å²) in [5, 5.41) is 6.21. The number of amides is 1. The summed E-state index contributed by atoms with van der Waals surface area (Å²) in [4.78, 5) is 19.2. The average molecular weight is 577 g/mol. The second-order valence-electron chi connectivity index (χ2n) is 8.57. The van der Waals surface area contributed by atoms with Gasteiger partial charge in [-0.05, 0) is 37.2 Å². The van der Waals surface area contributed by atoms with Crippen molar-refractivity contribution in [3.63, 3.8) is 0 Å². The van der Waals surface area contributed by atoms with E-state index in [4.69, 9.17) is 4.99 Å². The molecule has 180 valence electrons. The molecule has 0 radical (unpaired) electrons. The summed E-state index contributed by atoms with van der Waals surface area (Å²) < 4.78 is 23.1. The maximum Gasteiger partial charge on any atom is 0.222 e. The molecule has 0 bridgehead atoms. The molecule has 1 amide bonds. The number of sulfone groups is 1. The lowest BCUT2D eigenvalue weighted by Gasteiger charge is -2.40. The van der Waals surface area contributed by atoms with Crippen LogP contribution in [0.1, 0.15) is 51.0 Å². The van der Waals surface area contributed by atoms with Gasteiger partial charge in [0.2, 0.25) is 5.91 Å². The number of halogens is 1. The van der Waals surface area contributed by atoms with Crippen LogP contribution < -0.4 is 10.6 Å². The summed E-state index contributed by atoms with van der Waals surface area (Å²) in [6.07, 6.45) is 2.98. The Hall–Kier alpha value is -1.36. The van der Waals surface area contributed by atoms with E-state index in [9.17, 15) is 13.2 Å². The first-order chi connectivity index (χ1) is 14.9. The first kappa shape index (κ1) is 26.9. The van der Waals surface area contributed by atoms with Crippen LogP contribution in [0.5, 0.6) is 0 Å². The monoisotopic (exact) mass is 576 g/mol. The van der Waals surface area contributed by atoms with Crippen molar-refractivity contribution >= 4 is 45.7 Å². The normalized spacial score (nSPS) is 25.1. The van der Waals surface area contributed by atoms with Crippen LogP contribution in [0.2, 0.25) is 0 Å². The zero-order valence-electron chi connectivity index (χ0n) is 19.1. The Labute approximate surface area is 209 Å². The lowest BCUT2D eigenvalue weighted by Crippen LogP contribution is -2.48. The van der Waals surface area contributed by atoms with Crippen molar-refractivity contribution in [2.45, 2.75) is 51.5 Å². The number of rotatable bonds is 7. The molecule has 2 aliphatic heterocycles. The Morgan fingerprint density at radius 1 is 1.19 bits per heavy atom. The Kier molecular flexibility index (Phi) is 10.7. The molecule has 32 heavy (non-hydrogen) atoms. The van der Waals surface area contributed by atoms with Crippen LogP contribution in [0.3, 0.4) is 0 Å². The summed E-state index contributed by atoms with van der Waals surface area (Å²) in [5.74, 6) is 2.09. The molecule has 3 atom stereocenters. The van der Waals surface area contributed by atoms with Crippen LogP contribution in [-0.2, 0) is 14.6 Å². The van der Waals surface area contributed by atoms with Gasteiger partial charge in [-0.1, -0.05) is 43.7 Å². The molecular weight excluding hydrogens is 539 g/mol. The smallest absolute Gasteiger partial charge is 0.222 e. The molecule has 2 aliphatic rings.